The molecule has 1 aliphatic heterocycles. The lowest BCUT2D eigenvalue weighted by Gasteiger charge is -2.37. The van der Waals surface area contributed by atoms with Crippen molar-refractivity contribution in [3.8, 4) is 0 Å². The summed E-state index contributed by atoms with van der Waals surface area (Å²) in [6.07, 6.45) is 4.08. The van der Waals surface area contributed by atoms with Crippen LogP contribution in [0.2, 0.25) is 0 Å². The van der Waals surface area contributed by atoms with Crippen LogP contribution in [-0.4, -0.2) is 29.9 Å². The Hall–Kier alpha value is -1.35. The molecule has 3 rings (SSSR count). The highest BCUT2D eigenvalue weighted by Crippen LogP contribution is 2.39. The molecule has 1 aromatic carbocycles. The lowest BCUT2D eigenvalue weighted by atomic mass is 9.70. The molecule has 1 unspecified atom stereocenters. The smallest absolute Gasteiger partial charge is 0.233 e. The van der Waals surface area contributed by atoms with E-state index in [9.17, 15) is 4.79 Å². The van der Waals surface area contributed by atoms with Gasteiger partial charge in [0, 0.05) is 19.1 Å². The van der Waals surface area contributed by atoms with Crippen LogP contribution in [0, 0.1) is 0 Å². The van der Waals surface area contributed by atoms with Crippen LogP contribution in [0.5, 0.6) is 0 Å². The standard InChI is InChI=1S/C16H22N2O/c1-16(15(19)18-10-8-13(17)11-18)9-4-6-12-5-2-3-7-14(12)16/h2-3,5,7,13H,4,6,8-11,17H2,1H3/t13-,16?/m1/s1. The molecule has 0 saturated carbocycles. The van der Waals surface area contributed by atoms with E-state index in [-0.39, 0.29) is 17.4 Å². The first kappa shape index (κ1) is 12.7. The minimum Gasteiger partial charge on any atom is -0.340 e. The molecule has 1 aliphatic carbocycles. The molecule has 3 nitrogen and oxygen atoms in total. The van der Waals surface area contributed by atoms with Gasteiger partial charge in [0.15, 0.2) is 0 Å². The fourth-order valence-electron chi connectivity index (χ4n) is 3.59. The van der Waals surface area contributed by atoms with Gasteiger partial charge in [0.25, 0.3) is 0 Å². The number of benzene rings is 1. The maximum atomic E-state index is 12.9. The number of nitrogens with two attached hydrogens (primary N) is 1. The van der Waals surface area contributed by atoms with Gasteiger partial charge in [-0.2, -0.15) is 0 Å². The third kappa shape index (κ3) is 2.06. The summed E-state index contributed by atoms with van der Waals surface area (Å²) < 4.78 is 0. The minimum absolute atomic E-state index is 0.159. The second-order valence-electron chi connectivity index (χ2n) is 6.14. The summed E-state index contributed by atoms with van der Waals surface area (Å²) in [4.78, 5) is 14.9. The zero-order valence-electron chi connectivity index (χ0n) is 11.6. The summed E-state index contributed by atoms with van der Waals surface area (Å²) in [6.45, 7) is 3.64. The van der Waals surface area contributed by atoms with Crippen molar-refractivity contribution < 1.29 is 4.79 Å². The summed E-state index contributed by atoms with van der Waals surface area (Å²) in [7, 11) is 0. The number of likely N-dealkylation sites (tertiary alicyclic amines) is 1. The Labute approximate surface area is 114 Å². The molecule has 1 aromatic rings. The Bertz CT molecular complexity index is 499. The molecule has 2 aliphatic rings. The predicted octanol–water partition coefficient (Wildman–Crippen LogP) is 1.84. The maximum absolute atomic E-state index is 12.9. The molecule has 1 amide bonds. The number of nitrogens with zero attached hydrogens (tertiary/aromatic N) is 1. The van der Waals surface area contributed by atoms with Gasteiger partial charge in [-0.1, -0.05) is 24.3 Å². The van der Waals surface area contributed by atoms with Crippen LogP contribution in [0.25, 0.3) is 0 Å². The molecule has 0 bridgehead atoms. The van der Waals surface area contributed by atoms with Crippen molar-refractivity contribution >= 4 is 5.91 Å². The van der Waals surface area contributed by atoms with Crippen LogP contribution >= 0.6 is 0 Å². The van der Waals surface area contributed by atoms with Gasteiger partial charge in [-0.3, -0.25) is 4.79 Å². The second-order valence-corrected chi connectivity index (χ2v) is 6.14. The van der Waals surface area contributed by atoms with E-state index in [2.05, 4.69) is 25.1 Å². The van der Waals surface area contributed by atoms with Crippen molar-refractivity contribution in [1.82, 2.24) is 4.90 Å². The highest BCUT2D eigenvalue weighted by molar-refractivity contribution is 5.88. The summed E-state index contributed by atoms with van der Waals surface area (Å²) >= 11 is 0. The van der Waals surface area contributed by atoms with Crippen molar-refractivity contribution in [2.45, 2.75) is 44.1 Å². The Morgan fingerprint density at radius 3 is 2.95 bits per heavy atom. The van der Waals surface area contributed by atoms with Gasteiger partial charge in [0.05, 0.1) is 5.41 Å². The number of amides is 1. The fraction of sp³-hybridized carbons (Fsp3) is 0.562. The monoisotopic (exact) mass is 258 g/mol. The van der Waals surface area contributed by atoms with Gasteiger partial charge in [-0.25, -0.2) is 0 Å². The summed E-state index contributed by atoms with van der Waals surface area (Å²) in [5.41, 5.74) is 8.16. The van der Waals surface area contributed by atoms with Gasteiger partial charge in [-0.15, -0.1) is 0 Å². The summed E-state index contributed by atoms with van der Waals surface area (Å²) in [6, 6.07) is 8.57. The molecule has 0 spiro atoms. The Morgan fingerprint density at radius 1 is 1.42 bits per heavy atom. The molecule has 0 aromatic heterocycles. The molecule has 0 radical (unpaired) electrons. The van der Waals surface area contributed by atoms with E-state index in [4.69, 9.17) is 5.73 Å². The number of fused-ring (bicyclic) bond motifs is 1. The first-order valence-electron chi connectivity index (χ1n) is 7.24. The SMILES string of the molecule is CC1(C(=O)N2CC[C@@H](N)C2)CCCc2ccccc21. The van der Waals surface area contributed by atoms with Crippen molar-refractivity contribution in [3.63, 3.8) is 0 Å². The van der Waals surface area contributed by atoms with E-state index < -0.39 is 0 Å². The minimum atomic E-state index is -0.348. The molecule has 1 saturated heterocycles. The summed E-state index contributed by atoms with van der Waals surface area (Å²) in [5, 5.41) is 0. The van der Waals surface area contributed by atoms with Gasteiger partial charge < -0.3 is 10.6 Å². The van der Waals surface area contributed by atoms with Gasteiger partial charge in [-0.05, 0) is 43.7 Å². The summed E-state index contributed by atoms with van der Waals surface area (Å²) in [5.74, 6) is 0.271. The van der Waals surface area contributed by atoms with Crippen molar-refractivity contribution in [1.29, 1.82) is 0 Å². The highest BCUT2D eigenvalue weighted by atomic mass is 16.2. The molecule has 102 valence electrons. The van der Waals surface area contributed by atoms with Crippen LogP contribution in [0.15, 0.2) is 24.3 Å². The Morgan fingerprint density at radius 2 is 2.21 bits per heavy atom. The number of rotatable bonds is 1. The quantitative estimate of drug-likeness (QED) is 0.835. The van der Waals surface area contributed by atoms with Gasteiger partial charge >= 0.3 is 0 Å². The van der Waals surface area contributed by atoms with Crippen molar-refractivity contribution in [2.24, 2.45) is 5.73 Å². The topological polar surface area (TPSA) is 46.3 Å². The molecule has 2 atom stereocenters. The van der Waals surface area contributed by atoms with E-state index >= 15 is 0 Å². The van der Waals surface area contributed by atoms with Crippen LogP contribution in [0.4, 0.5) is 0 Å². The lowest BCUT2D eigenvalue weighted by Crippen LogP contribution is -2.46. The fourth-order valence-corrected chi connectivity index (χ4v) is 3.59. The van der Waals surface area contributed by atoms with Crippen molar-refractivity contribution in [2.75, 3.05) is 13.1 Å². The number of hydrogen-bond acceptors (Lipinski definition) is 2. The number of hydrogen-bond donors (Lipinski definition) is 1. The average molecular weight is 258 g/mol. The number of aryl methyl sites for hydroxylation is 1. The molecular formula is C16H22N2O. The highest BCUT2D eigenvalue weighted by Gasteiger charge is 2.42. The zero-order valence-corrected chi connectivity index (χ0v) is 11.6. The van der Waals surface area contributed by atoms with E-state index in [1.165, 1.54) is 11.1 Å². The first-order valence-corrected chi connectivity index (χ1v) is 7.24. The molecular weight excluding hydrogens is 236 g/mol. The molecule has 1 heterocycles. The van der Waals surface area contributed by atoms with Crippen molar-refractivity contribution in [3.05, 3.63) is 35.4 Å². The van der Waals surface area contributed by atoms with Crippen LogP contribution in [-0.2, 0) is 16.6 Å². The first-order chi connectivity index (χ1) is 9.11. The van der Waals surface area contributed by atoms with Crippen LogP contribution < -0.4 is 5.73 Å². The predicted molar refractivity (Wildman–Crippen MR) is 75.9 cm³/mol. The van der Waals surface area contributed by atoms with E-state index in [0.717, 1.165) is 38.8 Å². The Kier molecular flexibility index (Phi) is 3.09. The normalized spacial score (nSPS) is 30.2. The van der Waals surface area contributed by atoms with Crippen LogP contribution in [0.1, 0.15) is 37.3 Å². The molecule has 3 heteroatoms. The largest absolute Gasteiger partial charge is 0.340 e. The zero-order chi connectivity index (χ0) is 13.5. The third-order valence-electron chi connectivity index (χ3n) is 4.72. The number of carbonyl (C=O) groups is 1. The van der Waals surface area contributed by atoms with E-state index in [1.807, 2.05) is 11.0 Å². The average Bonchev–Trinajstić information content (AvgIpc) is 2.85. The molecule has 2 N–H and O–H groups in total. The maximum Gasteiger partial charge on any atom is 0.233 e. The number of carbonyl (C=O) groups excluding carboxylic acids is 1. The van der Waals surface area contributed by atoms with Crippen LogP contribution in [0.3, 0.4) is 0 Å². The van der Waals surface area contributed by atoms with E-state index in [1.54, 1.807) is 0 Å². The molecule has 19 heavy (non-hydrogen) atoms. The molecule has 1 fully saturated rings. The van der Waals surface area contributed by atoms with E-state index in [0.29, 0.717) is 0 Å². The lowest BCUT2D eigenvalue weighted by molar-refractivity contribution is -0.136. The Balaban J connectivity index is 1.93. The van der Waals surface area contributed by atoms with Gasteiger partial charge in [0.1, 0.15) is 0 Å². The second kappa shape index (κ2) is 4.64. The third-order valence-corrected chi connectivity index (χ3v) is 4.72. The van der Waals surface area contributed by atoms with Gasteiger partial charge in [0.2, 0.25) is 5.91 Å².